The topological polar surface area (TPSA) is 42.0 Å². The van der Waals surface area contributed by atoms with Crippen LogP contribution in [0.3, 0.4) is 0 Å². The van der Waals surface area contributed by atoms with Crippen molar-refractivity contribution in [1.82, 2.24) is 4.98 Å². The average molecular weight is 375 g/mol. The highest BCUT2D eigenvalue weighted by molar-refractivity contribution is 9.10. The molecular weight excluding hydrogens is 360 g/mol. The Morgan fingerprint density at radius 2 is 2.00 bits per heavy atom. The number of aromatic nitrogens is 1. The number of benzene rings is 2. The van der Waals surface area contributed by atoms with Crippen LogP contribution in [0.5, 0.6) is 0 Å². The number of rotatable bonds is 3. The molecule has 1 amide bonds. The molecule has 0 aliphatic rings. The largest absolute Gasteiger partial charge is 0.325 e. The lowest BCUT2D eigenvalue weighted by Crippen LogP contribution is -2.18. The van der Waals surface area contributed by atoms with E-state index in [4.69, 9.17) is 0 Å². The molecule has 2 aromatic carbocycles. The summed E-state index contributed by atoms with van der Waals surface area (Å²) in [5, 5.41) is 3.89. The van der Waals surface area contributed by atoms with Crippen LogP contribution in [0.4, 0.5) is 5.69 Å². The van der Waals surface area contributed by atoms with Gasteiger partial charge in [-0.1, -0.05) is 41.9 Å². The number of fused-ring (bicyclic) bond motifs is 1. The van der Waals surface area contributed by atoms with Crippen LogP contribution >= 0.6 is 27.3 Å². The molecule has 1 N–H and O–H groups in total. The summed E-state index contributed by atoms with van der Waals surface area (Å²) in [7, 11) is 0. The molecule has 0 aliphatic carbocycles. The first-order chi connectivity index (χ1) is 10.5. The highest BCUT2D eigenvalue weighted by Gasteiger charge is 2.14. The van der Waals surface area contributed by atoms with Gasteiger partial charge < -0.3 is 5.32 Å². The number of hydrogen-bond acceptors (Lipinski definition) is 3. The van der Waals surface area contributed by atoms with Crippen LogP contribution in [0.25, 0.3) is 20.8 Å². The summed E-state index contributed by atoms with van der Waals surface area (Å²) in [4.78, 5) is 16.7. The number of carbonyl (C=O) groups is 1. The van der Waals surface area contributed by atoms with Gasteiger partial charge in [0.05, 0.1) is 15.9 Å². The first-order valence-corrected chi connectivity index (χ1v) is 8.62. The van der Waals surface area contributed by atoms with E-state index in [2.05, 4.69) is 32.3 Å². The Morgan fingerprint density at radius 3 is 2.73 bits per heavy atom. The van der Waals surface area contributed by atoms with Gasteiger partial charge in [0.25, 0.3) is 0 Å². The number of nitrogens with zero attached hydrogens (tertiary/aromatic N) is 1. The minimum atomic E-state index is -0.0631. The molecule has 0 bridgehead atoms. The maximum absolute atomic E-state index is 12.0. The summed E-state index contributed by atoms with van der Waals surface area (Å²) >= 11 is 5.12. The first kappa shape index (κ1) is 15.2. The predicted octanol–water partition coefficient (Wildman–Crippen LogP) is 5.32. The minimum Gasteiger partial charge on any atom is -0.325 e. The highest BCUT2D eigenvalue weighted by Crippen LogP contribution is 2.36. The summed E-state index contributed by atoms with van der Waals surface area (Å²) in [6, 6.07) is 13.9. The van der Waals surface area contributed by atoms with Gasteiger partial charge in [0.1, 0.15) is 5.01 Å². The number of hydrogen-bond donors (Lipinski definition) is 1. The Balaban J connectivity index is 2.08. The van der Waals surface area contributed by atoms with Crippen LogP contribution < -0.4 is 5.32 Å². The Morgan fingerprint density at radius 1 is 1.23 bits per heavy atom. The molecule has 0 unspecified atom stereocenters. The maximum Gasteiger partial charge on any atom is 0.226 e. The highest BCUT2D eigenvalue weighted by atomic mass is 79.9. The number of amides is 1. The van der Waals surface area contributed by atoms with E-state index in [1.807, 2.05) is 50.2 Å². The number of halogens is 1. The molecule has 1 heterocycles. The van der Waals surface area contributed by atoms with Crippen LogP contribution in [0.1, 0.15) is 13.8 Å². The standard InChI is InChI=1S/C17H15BrN2OS/c1-10(2)16(21)19-13-8-7-11(18)9-12(13)17-20-14-5-3-4-6-15(14)22-17/h3-10H,1-2H3,(H,19,21). The van der Waals surface area contributed by atoms with Crippen molar-refractivity contribution >= 4 is 49.1 Å². The van der Waals surface area contributed by atoms with Crippen molar-refractivity contribution in [2.24, 2.45) is 5.92 Å². The summed E-state index contributed by atoms with van der Waals surface area (Å²) in [5.41, 5.74) is 2.70. The molecule has 3 aromatic rings. The zero-order valence-electron chi connectivity index (χ0n) is 12.3. The third kappa shape index (κ3) is 3.05. The minimum absolute atomic E-state index is 0.00434. The van der Waals surface area contributed by atoms with Gasteiger partial charge >= 0.3 is 0 Å². The average Bonchev–Trinajstić information content (AvgIpc) is 2.92. The van der Waals surface area contributed by atoms with Gasteiger partial charge in [0.15, 0.2) is 0 Å². The van der Waals surface area contributed by atoms with Crippen molar-refractivity contribution in [3.05, 3.63) is 46.9 Å². The lowest BCUT2D eigenvalue weighted by Gasteiger charge is -2.11. The SMILES string of the molecule is CC(C)C(=O)Nc1ccc(Br)cc1-c1nc2ccccc2s1. The van der Waals surface area contributed by atoms with Crippen LogP contribution in [0.2, 0.25) is 0 Å². The molecule has 3 nitrogen and oxygen atoms in total. The van der Waals surface area contributed by atoms with E-state index in [1.165, 1.54) is 0 Å². The molecule has 22 heavy (non-hydrogen) atoms. The zero-order chi connectivity index (χ0) is 15.7. The van der Waals surface area contributed by atoms with Crippen molar-refractivity contribution in [3.8, 4) is 10.6 Å². The van der Waals surface area contributed by atoms with Crippen molar-refractivity contribution < 1.29 is 4.79 Å². The van der Waals surface area contributed by atoms with Gasteiger partial charge in [-0.15, -0.1) is 11.3 Å². The second kappa shape index (κ2) is 6.18. The molecule has 5 heteroatoms. The molecule has 0 saturated heterocycles. The lowest BCUT2D eigenvalue weighted by molar-refractivity contribution is -0.118. The Kier molecular flexibility index (Phi) is 4.27. The molecule has 3 rings (SSSR count). The van der Waals surface area contributed by atoms with E-state index >= 15 is 0 Å². The third-order valence-electron chi connectivity index (χ3n) is 3.29. The smallest absolute Gasteiger partial charge is 0.226 e. The fourth-order valence-corrected chi connectivity index (χ4v) is 3.42. The van der Waals surface area contributed by atoms with E-state index in [1.54, 1.807) is 11.3 Å². The Bertz CT molecular complexity index is 809. The molecule has 0 aliphatic heterocycles. The fourth-order valence-electron chi connectivity index (χ4n) is 2.07. The van der Waals surface area contributed by atoms with Crippen LogP contribution in [0.15, 0.2) is 46.9 Å². The van der Waals surface area contributed by atoms with Gasteiger partial charge in [-0.25, -0.2) is 4.98 Å². The molecule has 0 saturated carbocycles. The second-order valence-corrected chi connectivity index (χ2v) is 7.27. The fraction of sp³-hybridized carbons (Fsp3) is 0.176. The summed E-state index contributed by atoms with van der Waals surface area (Å²) in [6.07, 6.45) is 0. The summed E-state index contributed by atoms with van der Waals surface area (Å²) < 4.78 is 2.10. The van der Waals surface area contributed by atoms with Crippen LogP contribution in [0, 0.1) is 5.92 Å². The zero-order valence-corrected chi connectivity index (χ0v) is 14.7. The lowest BCUT2D eigenvalue weighted by atomic mass is 10.1. The molecule has 0 radical (unpaired) electrons. The molecule has 0 atom stereocenters. The number of carbonyl (C=O) groups excluding carboxylic acids is 1. The Labute approximate surface area is 141 Å². The van der Waals surface area contributed by atoms with Gasteiger partial charge in [-0.05, 0) is 30.3 Å². The number of nitrogens with one attached hydrogen (secondary N) is 1. The summed E-state index contributed by atoms with van der Waals surface area (Å²) in [5.74, 6) is -0.0588. The van der Waals surface area contributed by atoms with Gasteiger partial charge in [0, 0.05) is 16.0 Å². The normalized spacial score (nSPS) is 11.1. The quantitative estimate of drug-likeness (QED) is 0.673. The third-order valence-corrected chi connectivity index (χ3v) is 4.85. The van der Waals surface area contributed by atoms with Crippen molar-refractivity contribution in [2.45, 2.75) is 13.8 Å². The van der Waals surface area contributed by atoms with Crippen molar-refractivity contribution in [2.75, 3.05) is 5.32 Å². The van der Waals surface area contributed by atoms with Crippen LogP contribution in [-0.4, -0.2) is 10.9 Å². The van der Waals surface area contributed by atoms with Crippen molar-refractivity contribution in [3.63, 3.8) is 0 Å². The molecular formula is C17H15BrN2OS. The number of thiazole rings is 1. The Hall–Kier alpha value is -1.72. The molecule has 0 spiro atoms. The molecule has 1 aromatic heterocycles. The van der Waals surface area contributed by atoms with Crippen molar-refractivity contribution in [1.29, 1.82) is 0 Å². The molecule has 0 fully saturated rings. The molecule has 112 valence electrons. The first-order valence-electron chi connectivity index (χ1n) is 7.01. The van der Waals surface area contributed by atoms with E-state index in [0.717, 1.165) is 30.9 Å². The van der Waals surface area contributed by atoms with E-state index in [-0.39, 0.29) is 11.8 Å². The van der Waals surface area contributed by atoms with E-state index in [9.17, 15) is 4.79 Å². The summed E-state index contributed by atoms with van der Waals surface area (Å²) in [6.45, 7) is 3.76. The van der Waals surface area contributed by atoms with E-state index < -0.39 is 0 Å². The maximum atomic E-state index is 12.0. The van der Waals surface area contributed by atoms with Gasteiger partial charge in [0.2, 0.25) is 5.91 Å². The predicted molar refractivity (Wildman–Crippen MR) is 96.2 cm³/mol. The number of para-hydroxylation sites is 1. The number of anilines is 1. The van der Waals surface area contributed by atoms with E-state index in [0.29, 0.717) is 0 Å². The second-order valence-electron chi connectivity index (χ2n) is 5.32. The van der Waals surface area contributed by atoms with Gasteiger partial charge in [-0.3, -0.25) is 4.79 Å². The van der Waals surface area contributed by atoms with Crippen LogP contribution in [-0.2, 0) is 4.79 Å². The monoisotopic (exact) mass is 374 g/mol. The van der Waals surface area contributed by atoms with Gasteiger partial charge in [-0.2, -0.15) is 0 Å².